The minimum atomic E-state index is -0.344. The average Bonchev–Trinajstić information content (AvgIpc) is 2.92. The van der Waals surface area contributed by atoms with E-state index in [1.165, 1.54) is 0 Å². The minimum Gasteiger partial charge on any atom is -0.508 e. The van der Waals surface area contributed by atoms with Crippen molar-refractivity contribution in [3.8, 4) is 5.75 Å². The van der Waals surface area contributed by atoms with Crippen LogP contribution < -0.4 is 0 Å². The molecule has 1 aromatic carbocycles. The zero-order valence-corrected chi connectivity index (χ0v) is 13.0. The molecule has 0 spiro atoms. The zero-order valence-electron chi connectivity index (χ0n) is 13.0. The van der Waals surface area contributed by atoms with Crippen LogP contribution in [0.2, 0.25) is 0 Å². The molecule has 0 bridgehead atoms. The first-order chi connectivity index (χ1) is 10.9. The van der Waals surface area contributed by atoms with Crippen LogP contribution in [0.3, 0.4) is 0 Å². The molecule has 2 aliphatic rings. The van der Waals surface area contributed by atoms with Crippen LogP contribution in [0.4, 0.5) is 5.95 Å². The van der Waals surface area contributed by atoms with Crippen LogP contribution in [0.25, 0.3) is 0 Å². The number of Topliss-reactive ketones (excluding diaryl/α,β-unsaturated/α-hetero) is 1. The lowest BCUT2D eigenvalue weighted by Crippen LogP contribution is -2.44. The van der Waals surface area contributed by atoms with Gasteiger partial charge in [0.25, 0.3) is 5.95 Å². The van der Waals surface area contributed by atoms with Crippen LogP contribution in [0, 0.1) is 11.3 Å². The van der Waals surface area contributed by atoms with Crippen molar-refractivity contribution in [3.63, 3.8) is 0 Å². The molecule has 0 radical (unpaired) electrons. The number of ketones is 1. The van der Waals surface area contributed by atoms with Gasteiger partial charge in [-0.2, -0.15) is 0 Å². The summed E-state index contributed by atoms with van der Waals surface area (Å²) >= 11 is 0. The van der Waals surface area contributed by atoms with Crippen molar-refractivity contribution in [2.45, 2.75) is 32.7 Å². The summed E-state index contributed by atoms with van der Waals surface area (Å²) in [5, 5.41) is 21.2. The number of fused-ring (bicyclic) bond motifs is 2. The fourth-order valence-electron chi connectivity index (χ4n) is 3.61. The Hall–Kier alpha value is -2.57. The van der Waals surface area contributed by atoms with Crippen LogP contribution in [0.5, 0.6) is 5.75 Å². The Morgan fingerprint density at radius 2 is 1.96 bits per heavy atom. The molecule has 1 saturated carbocycles. The molecule has 1 aliphatic carbocycles. The first-order valence-corrected chi connectivity index (χ1v) is 7.62. The second kappa shape index (κ2) is 4.71. The van der Waals surface area contributed by atoms with E-state index in [1.54, 1.807) is 28.9 Å². The standard InChI is InChI=1S/C16H17N5O2/c1-16(2)7-11-13(12(23)8-16)14(9-3-5-10(22)6-4-9)21-15(17-11)18-19-20-21/h3-6,13-14,22H,7-8H2,1-2H3. The second-order valence-electron chi connectivity index (χ2n) is 7.02. The third kappa shape index (κ3) is 2.23. The van der Waals surface area contributed by atoms with E-state index in [-0.39, 0.29) is 28.9 Å². The van der Waals surface area contributed by atoms with Gasteiger partial charge in [-0.1, -0.05) is 31.1 Å². The highest BCUT2D eigenvalue weighted by atomic mass is 16.3. The lowest BCUT2D eigenvalue weighted by molar-refractivity contribution is -0.124. The first-order valence-electron chi connectivity index (χ1n) is 7.62. The minimum absolute atomic E-state index is 0.0957. The predicted octanol–water partition coefficient (Wildman–Crippen LogP) is 2.06. The van der Waals surface area contributed by atoms with E-state index in [0.29, 0.717) is 12.4 Å². The van der Waals surface area contributed by atoms with Crippen molar-refractivity contribution in [2.75, 3.05) is 0 Å². The highest BCUT2D eigenvalue weighted by Gasteiger charge is 2.46. The van der Waals surface area contributed by atoms with E-state index >= 15 is 0 Å². The van der Waals surface area contributed by atoms with Gasteiger partial charge >= 0.3 is 0 Å². The summed E-state index contributed by atoms with van der Waals surface area (Å²) in [6.07, 6.45) is 1.27. The van der Waals surface area contributed by atoms with Crippen LogP contribution in [-0.2, 0) is 4.79 Å². The summed E-state index contributed by atoms with van der Waals surface area (Å²) in [4.78, 5) is 17.4. The molecule has 4 rings (SSSR count). The summed E-state index contributed by atoms with van der Waals surface area (Å²) in [7, 11) is 0. The lowest BCUT2D eigenvalue weighted by atomic mass is 9.67. The first kappa shape index (κ1) is 14.0. The Bertz CT molecular complexity index is 806. The van der Waals surface area contributed by atoms with Gasteiger partial charge in [-0.25, -0.2) is 9.67 Å². The number of hydrogen-bond acceptors (Lipinski definition) is 6. The maximum atomic E-state index is 12.8. The van der Waals surface area contributed by atoms with E-state index in [2.05, 4.69) is 34.4 Å². The third-order valence-electron chi connectivity index (χ3n) is 4.55. The molecule has 1 aromatic heterocycles. The normalized spacial score (nSPS) is 25.5. The Balaban J connectivity index is 1.87. The van der Waals surface area contributed by atoms with Crippen molar-refractivity contribution < 1.29 is 9.90 Å². The molecule has 1 N–H and O–H groups in total. The van der Waals surface area contributed by atoms with Gasteiger partial charge in [-0.3, -0.25) is 4.79 Å². The highest BCUT2D eigenvalue weighted by molar-refractivity contribution is 6.09. The number of tetrazole rings is 1. The molecule has 7 heteroatoms. The molecule has 1 aliphatic heterocycles. The molecular formula is C16H17N5O2. The summed E-state index contributed by atoms with van der Waals surface area (Å²) in [5.74, 6) is 0.439. The topological polar surface area (TPSA) is 93.3 Å². The Kier molecular flexibility index (Phi) is 2.88. The van der Waals surface area contributed by atoms with E-state index in [0.717, 1.165) is 17.7 Å². The van der Waals surface area contributed by atoms with Crippen LogP contribution in [0.1, 0.15) is 38.3 Å². The van der Waals surface area contributed by atoms with Crippen molar-refractivity contribution in [3.05, 3.63) is 29.8 Å². The number of rotatable bonds is 1. The Morgan fingerprint density at radius 1 is 1.22 bits per heavy atom. The van der Waals surface area contributed by atoms with E-state index < -0.39 is 0 Å². The molecule has 2 heterocycles. The number of aliphatic imine (C=N–C) groups is 1. The Morgan fingerprint density at radius 3 is 2.70 bits per heavy atom. The highest BCUT2D eigenvalue weighted by Crippen LogP contribution is 2.44. The molecule has 2 unspecified atom stereocenters. The SMILES string of the molecule is CC1(C)CC(=O)C2C(=Nc3nnnn3C2c2ccc(O)cc2)C1. The Labute approximate surface area is 133 Å². The maximum Gasteiger partial charge on any atom is 0.269 e. The molecule has 2 atom stereocenters. The van der Waals surface area contributed by atoms with Gasteiger partial charge in [0.15, 0.2) is 0 Å². The lowest BCUT2D eigenvalue weighted by Gasteiger charge is -2.39. The van der Waals surface area contributed by atoms with Gasteiger partial charge in [-0.05, 0) is 40.0 Å². The number of carbonyl (C=O) groups is 1. The van der Waals surface area contributed by atoms with Crippen molar-refractivity contribution >= 4 is 17.4 Å². The largest absolute Gasteiger partial charge is 0.508 e. The number of phenols is 1. The average molecular weight is 311 g/mol. The number of phenolic OH excluding ortho intramolecular Hbond substituents is 1. The smallest absolute Gasteiger partial charge is 0.269 e. The van der Waals surface area contributed by atoms with E-state index in [9.17, 15) is 9.90 Å². The number of hydrogen-bond donors (Lipinski definition) is 1. The molecule has 7 nitrogen and oxygen atoms in total. The van der Waals surface area contributed by atoms with Gasteiger partial charge in [0.05, 0.1) is 12.0 Å². The number of aromatic hydroxyl groups is 1. The number of aromatic nitrogens is 4. The van der Waals surface area contributed by atoms with Crippen LogP contribution >= 0.6 is 0 Å². The molecule has 0 amide bonds. The van der Waals surface area contributed by atoms with Crippen LogP contribution in [0.15, 0.2) is 29.3 Å². The number of benzene rings is 1. The van der Waals surface area contributed by atoms with Crippen LogP contribution in [-0.4, -0.2) is 36.8 Å². The molecule has 2 aromatic rings. The molecular weight excluding hydrogens is 294 g/mol. The monoisotopic (exact) mass is 311 g/mol. The molecule has 1 fully saturated rings. The molecule has 0 saturated heterocycles. The molecule has 118 valence electrons. The van der Waals surface area contributed by atoms with Gasteiger partial charge < -0.3 is 5.11 Å². The number of carbonyl (C=O) groups excluding carboxylic acids is 1. The van der Waals surface area contributed by atoms with Crippen molar-refractivity contribution in [1.29, 1.82) is 0 Å². The van der Waals surface area contributed by atoms with Crippen molar-refractivity contribution in [1.82, 2.24) is 20.2 Å². The van der Waals surface area contributed by atoms with Crippen molar-refractivity contribution in [2.24, 2.45) is 16.3 Å². The third-order valence-corrected chi connectivity index (χ3v) is 4.55. The summed E-state index contributed by atoms with van der Waals surface area (Å²) in [5.41, 5.74) is 1.65. The zero-order chi connectivity index (χ0) is 16.2. The predicted molar refractivity (Wildman–Crippen MR) is 82.7 cm³/mol. The fourth-order valence-corrected chi connectivity index (χ4v) is 3.61. The van der Waals surface area contributed by atoms with Gasteiger partial charge in [0, 0.05) is 12.1 Å². The van der Waals surface area contributed by atoms with E-state index in [4.69, 9.17) is 0 Å². The van der Waals surface area contributed by atoms with Gasteiger partial charge in [0.1, 0.15) is 11.5 Å². The van der Waals surface area contributed by atoms with Gasteiger partial charge in [0.2, 0.25) is 0 Å². The maximum absolute atomic E-state index is 12.8. The van der Waals surface area contributed by atoms with Gasteiger partial charge in [-0.15, -0.1) is 0 Å². The fraction of sp³-hybridized carbons (Fsp3) is 0.438. The second-order valence-corrected chi connectivity index (χ2v) is 7.02. The summed E-state index contributed by atoms with van der Waals surface area (Å²) in [6.45, 7) is 4.16. The summed E-state index contributed by atoms with van der Waals surface area (Å²) in [6, 6.07) is 6.53. The molecule has 23 heavy (non-hydrogen) atoms. The quantitative estimate of drug-likeness (QED) is 0.870. The number of nitrogens with zero attached hydrogens (tertiary/aromatic N) is 5. The summed E-state index contributed by atoms with van der Waals surface area (Å²) < 4.78 is 1.61. The van der Waals surface area contributed by atoms with E-state index in [1.807, 2.05) is 0 Å².